The molecule has 0 amide bonds. The molecule has 2 bridgehead atoms. The van der Waals surface area contributed by atoms with Crippen molar-refractivity contribution in [1.82, 2.24) is 0 Å². The lowest BCUT2D eigenvalue weighted by Gasteiger charge is -2.63. The Hall–Kier alpha value is -0.670. The Balaban J connectivity index is 1.80. The molecule has 3 nitrogen and oxygen atoms in total. The third-order valence-corrected chi connectivity index (χ3v) is 8.52. The Labute approximate surface area is 139 Å². The van der Waals surface area contributed by atoms with E-state index in [0.717, 1.165) is 44.9 Å². The van der Waals surface area contributed by atoms with Crippen molar-refractivity contribution in [3.05, 3.63) is 12.2 Å². The predicted molar refractivity (Wildman–Crippen MR) is 88.7 cm³/mol. The van der Waals surface area contributed by atoms with Crippen LogP contribution in [0.3, 0.4) is 0 Å². The highest BCUT2D eigenvalue weighted by Gasteiger charge is 2.68. The van der Waals surface area contributed by atoms with E-state index in [1.54, 1.807) is 0 Å². The number of hydrogen-bond acceptors (Lipinski definition) is 3. The zero-order valence-electron chi connectivity index (χ0n) is 14.5. The van der Waals surface area contributed by atoms with Gasteiger partial charge in [-0.1, -0.05) is 26.8 Å². The van der Waals surface area contributed by atoms with Gasteiger partial charge in [-0.3, -0.25) is 4.79 Å². The second-order valence-electron chi connectivity index (χ2n) is 9.44. The highest BCUT2D eigenvalue weighted by molar-refractivity contribution is 6.03. The van der Waals surface area contributed by atoms with E-state index in [1.165, 1.54) is 0 Å². The first kappa shape index (κ1) is 15.8. The molecule has 0 aromatic heterocycles. The van der Waals surface area contributed by atoms with Crippen molar-refractivity contribution >= 4 is 5.78 Å². The maximum Gasteiger partial charge on any atom is 0.165 e. The van der Waals surface area contributed by atoms with Crippen molar-refractivity contribution in [2.75, 3.05) is 6.61 Å². The summed E-state index contributed by atoms with van der Waals surface area (Å²) in [5.74, 6) is 0.944. The van der Waals surface area contributed by atoms with Gasteiger partial charge in [0.25, 0.3) is 0 Å². The number of rotatable bonds is 1. The quantitative estimate of drug-likeness (QED) is 0.731. The summed E-state index contributed by atoms with van der Waals surface area (Å²) in [5, 5.41) is 20.7. The first-order valence-electron chi connectivity index (χ1n) is 9.31. The molecular formula is C20H30O3. The summed E-state index contributed by atoms with van der Waals surface area (Å²) in [5.41, 5.74) is 0.442. The van der Waals surface area contributed by atoms with E-state index >= 15 is 0 Å². The molecule has 0 heterocycles. The third kappa shape index (κ3) is 1.76. The minimum atomic E-state index is -0.412. The number of carbonyl (C=O) groups is 1. The van der Waals surface area contributed by atoms with Crippen molar-refractivity contribution in [3.8, 4) is 0 Å². The molecule has 0 aromatic rings. The lowest BCUT2D eigenvalue weighted by Crippen LogP contribution is -2.59. The topological polar surface area (TPSA) is 57.5 Å². The van der Waals surface area contributed by atoms with Crippen LogP contribution in [0, 0.1) is 34.0 Å². The van der Waals surface area contributed by atoms with Crippen LogP contribution in [-0.2, 0) is 4.79 Å². The van der Waals surface area contributed by atoms with Crippen LogP contribution in [0.2, 0.25) is 0 Å². The summed E-state index contributed by atoms with van der Waals surface area (Å²) in [7, 11) is 0. The minimum absolute atomic E-state index is 0.00767. The average molecular weight is 318 g/mol. The molecule has 0 saturated heterocycles. The highest BCUT2D eigenvalue weighted by Crippen LogP contribution is 2.70. The summed E-state index contributed by atoms with van der Waals surface area (Å²) < 4.78 is 0. The molecular weight excluding hydrogens is 288 g/mol. The van der Waals surface area contributed by atoms with E-state index in [4.69, 9.17) is 0 Å². The predicted octanol–water partition coefficient (Wildman–Crippen LogP) is 3.10. The van der Waals surface area contributed by atoms with Gasteiger partial charge in [0.05, 0.1) is 6.10 Å². The van der Waals surface area contributed by atoms with Crippen LogP contribution in [0.4, 0.5) is 0 Å². The summed E-state index contributed by atoms with van der Waals surface area (Å²) >= 11 is 0. The van der Waals surface area contributed by atoms with Gasteiger partial charge in [-0.15, -0.1) is 0 Å². The van der Waals surface area contributed by atoms with E-state index < -0.39 is 6.10 Å². The van der Waals surface area contributed by atoms with Crippen LogP contribution in [0.25, 0.3) is 0 Å². The molecule has 4 fully saturated rings. The molecule has 7 atom stereocenters. The SMILES string of the molecule is C=C1C(=O)[C@@]23CC[C@@H]4[C@@](C)(CO)CCC[C@@]4(C)[C@@H]2C[C@H](O)[C@@H]1C3. The van der Waals surface area contributed by atoms with Gasteiger partial charge in [-0.25, -0.2) is 0 Å². The molecule has 23 heavy (non-hydrogen) atoms. The summed E-state index contributed by atoms with van der Waals surface area (Å²) in [6.07, 6.45) is 6.42. The Morgan fingerprint density at radius 3 is 2.65 bits per heavy atom. The normalized spacial score (nSPS) is 55.5. The van der Waals surface area contributed by atoms with E-state index in [0.29, 0.717) is 11.5 Å². The third-order valence-electron chi connectivity index (χ3n) is 8.52. The lowest BCUT2D eigenvalue weighted by atomic mass is 9.41. The fraction of sp³-hybridized carbons (Fsp3) is 0.850. The van der Waals surface area contributed by atoms with Gasteiger partial charge in [0.1, 0.15) is 0 Å². The smallest absolute Gasteiger partial charge is 0.165 e. The Morgan fingerprint density at radius 2 is 1.96 bits per heavy atom. The lowest BCUT2D eigenvalue weighted by molar-refractivity contribution is -0.177. The van der Waals surface area contributed by atoms with Crippen molar-refractivity contribution in [2.45, 2.75) is 64.9 Å². The van der Waals surface area contributed by atoms with E-state index in [2.05, 4.69) is 20.4 Å². The first-order chi connectivity index (χ1) is 10.8. The molecule has 3 heteroatoms. The van der Waals surface area contributed by atoms with Crippen LogP contribution in [0.1, 0.15) is 58.8 Å². The van der Waals surface area contributed by atoms with Crippen LogP contribution < -0.4 is 0 Å². The fourth-order valence-corrected chi connectivity index (χ4v) is 7.39. The molecule has 4 aliphatic carbocycles. The Morgan fingerprint density at radius 1 is 1.22 bits per heavy atom. The van der Waals surface area contributed by atoms with Crippen molar-refractivity contribution in [2.24, 2.45) is 34.0 Å². The van der Waals surface area contributed by atoms with Crippen LogP contribution in [0.15, 0.2) is 12.2 Å². The molecule has 0 aromatic carbocycles. The number of carbonyl (C=O) groups excluding carboxylic acids is 1. The van der Waals surface area contributed by atoms with Gasteiger partial charge in [-0.05, 0) is 66.8 Å². The molecule has 0 radical (unpaired) electrons. The monoisotopic (exact) mass is 318 g/mol. The molecule has 4 rings (SSSR count). The summed E-state index contributed by atoms with van der Waals surface area (Å²) in [6, 6.07) is 0. The molecule has 0 unspecified atom stereocenters. The number of fused-ring (bicyclic) bond motifs is 3. The van der Waals surface area contributed by atoms with Crippen LogP contribution in [0.5, 0.6) is 0 Å². The fourth-order valence-electron chi connectivity index (χ4n) is 7.39. The standard InChI is InChI=1S/C20H30O3/c1-12-13-10-20(17(12)23)8-5-15-18(2,11-21)6-4-7-19(15,3)16(20)9-14(13)22/h13-16,21-22H,1,4-11H2,2-3H3/t13-,14+,15-,16+,18-,19-,20-/m1/s1. The molecule has 2 N–H and O–H groups in total. The number of aliphatic hydroxyl groups excluding tert-OH is 2. The zero-order chi connectivity index (χ0) is 16.6. The largest absolute Gasteiger partial charge is 0.396 e. The molecule has 4 saturated carbocycles. The maximum atomic E-state index is 13.1. The first-order valence-corrected chi connectivity index (χ1v) is 9.31. The van der Waals surface area contributed by atoms with Crippen molar-refractivity contribution in [1.29, 1.82) is 0 Å². The Kier molecular flexibility index (Phi) is 3.23. The maximum absolute atomic E-state index is 13.1. The molecule has 4 aliphatic rings. The second-order valence-corrected chi connectivity index (χ2v) is 9.44. The van der Waals surface area contributed by atoms with Crippen LogP contribution in [-0.4, -0.2) is 28.7 Å². The number of hydrogen-bond donors (Lipinski definition) is 2. The Bertz CT molecular complexity index is 569. The van der Waals surface area contributed by atoms with Gasteiger partial charge in [0.15, 0.2) is 5.78 Å². The van der Waals surface area contributed by atoms with E-state index in [9.17, 15) is 15.0 Å². The number of ketones is 1. The molecule has 128 valence electrons. The van der Waals surface area contributed by atoms with E-state index in [-0.39, 0.29) is 40.5 Å². The van der Waals surface area contributed by atoms with Gasteiger partial charge >= 0.3 is 0 Å². The van der Waals surface area contributed by atoms with Gasteiger partial charge in [0.2, 0.25) is 0 Å². The highest BCUT2D eigenvalue weighted by atomic mass is 16.3. The number of Topliss-reactive ketones (excluding diaryl/α,β-unsaturated/α-hetero) is 1. The van der Waals surface area contributed by atoms with Gasteiger partial charge in [0, 0.05) is 17.9 Å². The zero-order valence-corrected chi connectivity index (χ0v) is 14.5. The summed E-state index contributed by atoms with van der Waals surface area (Å²) in [4.78, 5) is 13.1. The van der Waals surface area contributed by atoms with Gasteiger partial charge < -0.3 is 10.2 Å². The minimum Gasteiger partial charge on any atom is -0.396 e. The molecule has 1 spiro atoms. The summed E-state index contributed by atoms with van der Waals surface area (Å²) in [6.45, 7) is 8.84. The van der Waals surface area contributed by atoms with Crippen molar-refractivity contribution < 1.29 is 15.0 Å². The number of aliphatic hydroxyl groups is 2. The van der Waals surface area contributed by atoms with Crippen molar-refractivity contribution in [3.63, 3.8) is 0 Å². The van der Waals surface area contributed by atoms with Gasteiger partial charge in [-0.2, -0.15) is 0 Å². The average Bonchev–Trinajstić information content (AvgIpc) is 2.73. The van der Waals surface area contributed by atoms with Crippen LogP contribution >= 0.6 is 0 Å². The second kappa shape index (κ2) is 4.70. The van der Waals surface area contributed by atoms with E-state index in [1.807, 2.05) is 0 Å². The molecule has 0 aliphatic heterocycles.